The molecule has 5 nitrogen and oxygen atoms in total. The highest BCUT2D eigenvalue weighted by Gasteiger charge is 2.37. The van der Waals surface area contributed by atoms with E-state index in [9.17, 15) is 14.4 Å². The number of nitrogens with zero attached hydrogens (tertiary/aromatic N) is 2. The van der Waals surface area contributed by atoms with Crippen LogP contribution in [0.4, 0.5) is 0 Å². The van der Waals surface area contributed by atoms with Gasteiger partial charge in [0, 0.05) is 38.0 Å². The van der Waals surface area contributed by atoms with E-state index in [1.165, 1.54) is 0 Å². The minimum atomic E-state index is -0.334. The molecule has 1 unspecified atom stereocenters. The van der Waals surface area contributed by atoms with Gasteiger partial charge < -0.3 is 9.80 Å². The smallest absolute Gasteiger partial charge is 0.245 e. The van der Waals surface area contributed by atoms with E-state index in [4.69, 9.17) is 0 Å². The van der Waals surface area contributed by atoms with Crippen LogP contribution in [-0.4, -0.2) is 53.1 Å². The van der Waals surface area contributed by atoms with E-state index < -0.39 is 0 Å². The van der Waals surface area contributed by atoms with Gasteiger partial charge in [-0.2, -0.15) is 0 Å². The van der Waals surface area contributed by atoms with Gasteiger partial charge in [-0.05, 0) is 44.1 Å². The SMILES string of the molecule is Cc1ccccc1C(=O)CCC(=O)N1CCCC1C(=O)N1CCC(C)CC1. The van der Waals surface area contributed by atoms with Crippen molar-refractivity contribution >= 4 is 17.6 Å². The van der Waals surface area contributed by atoms with E-state index in [1.54, 1.807) is 4.90 Å². The average Bonchev–Trinajstić information content (AvgIpc) is 3.16. The molecule has 0 saturated carbocycles. The minimum absolute atomic E-state index is 0.00598. The number of rotatable bonds is 5. The highest BCUT2D eigenvalue weighted by molar-refractivity contribution is 5.99. The first-order valence-corrected chi connectivity index (χ1v) is 10.1. The molecular formula is C22H30N2O3. The predicted molar refractivity (Wildman–Crippen MR) is 104 cm³/mol. The maximum absolute atomic E-state index is 12.9. The zero-order valence-electron chi connectivity index (χ0n) is 16.4. The van der Waals surface area contributed by atoms with Crippen LogP contribution >= 0.6 is 0 Å². The van der Waals surface area contributed by atoms with Crippen LogP contribution in [0.15, 0.2) is 24.3 Å². The van der Waals surface area contributed by atoms with Gasteiger partial charge in [0.25, 0.3) is 0 Å². The van der Waals surface area contributed by atoms with E-state index in [1.807, 2.05) is 36.1 Å². The van der Waals surface area contributed by atoms with Gasteiger partial charge in [-0.25, -0.2) is 0 Å². The van der Waals surface area contributed by atoms with Crippen LogP contribution in [0.1, 0.15) is 61.4 Å². The van der Waals surface area contributed by atoms with Crippen molar-refractivity contribution in [2.45, 2.75) is 58.4 Å². The lowest BCUT2D eigenvalue weighted by atomic mass is 9.98. The third-order valence-corrected chi connectivity index (χ3v) is 5.96. The monoisotopic (exact) mass is 370 g/mol. The Morgan fingerprint density at radius 1 is 1.00 bits per heavy atom. The Hall–Kier alpha value is -2.17. The Kier molecular flexibility index (Phi) is 6.30. The number of benzene rings is 1. The number of hydrogen-bond acceptors (Lipinski definition) is 3. The summed E-state index contributed by atoms with van der Waals surface area (Å²) in [5.41, 5.74) is 1.62. The largest absolute Gasteiger partial charge is 0.341 e. The first-order valence-electron chi connectivity index (χ1n) is 10.1. The van der Waals surface area contributed by atoms with Gasteiger partial charge in [-0.1, -0.05) is 31.2 Å². The van der Waals surface area contributed by atoms with Crippen molar-refractivity contribution in [3.8, 4) is 0 Å². The fraction of sp³-hybridized carbons (Fsp3) is 0.591. The molecule has 2 fully saturated rings. The summed E-state index contributed by atoms with van der Waals surface area (Å²) in [6.45, 7) is 6.34. The number of aryl methyl sites for hydroxylation is 1. The second-order valence-corrected chi connectivity index (χ2v) is 7.99. The van der Waals surface area contributed by atoms with Crippen molar-refractivity contribution in [3.63, 3.8) is 0 Å². The van der Waals surface area contributed by atoms with Crippen LogP contribution in [0.3, 0.4) is 0 Å². The number of ketones is 1. The van der Waals surface area contributed by atoms with Gasteiger partial charge in [0.15, 0.2) is 5.78 Å². The molecule has 0 aromatic heterocycles. The predicted octanol–water partition coefficient (Wildman–Crippen LogP) is 3.21. The molecule has 1 aromatic carbocycles. The molecule has 0 N–H and O–H groups in total. The Labute approximate surface area is 161 Å². The van der Waals surface area contributed by atoms with Crippen molar-refractivity contribution in [3.05, 3.63) is 35.4 Å². The highest BCUT2D eigenvalue weighted by atomic mass is 16.2. The molecule has 2 heterocycles. The van der Waals surface area contributed by atoms with E-state index in [-0.39, 0.29) is 36.5 Å². The second kappa shape index (κ2) is 8.68. The third kappa shape index (κ3) is 4.57. The van der Waals surface area contributed by atoms with Crippen molar-refractivity contribution in [2.75, 3.05) is 19.6 Å². The molecule has 1 aromatic rings. The summed E-state index contributed by atoms with van der Waals surface area (Å²) in [4.78, 5) is 41.7. The number of carbonyl (C=O) groups excluding carboxylic acids is 3. The number of likely N-dealkylation sites (tertiary alicyclic amines) is 2. The molecule has 27 heavy (non-hydrogen) atoms. The molecule has 3 rings (SSSR count). The van der Waals surface area contributed by atoms with Gasteiger partial charge in [0.05, 0.1) is 0 Å². The Bertz CT molecular complexity index is 707. The van der Waals surface area contributed by atoms with E-state index in [2.05, 4.69) is 6.92 Å². The number of carbonyl (C=O) groups is 3. The van der Waals surface area contributed by atoms with Crippen LogP contribution < -0.4 is 0 Å². The molecule has 1 atom stereocenters. The first kappa shape index (κ1) is 19.6. The maximum Gasteiger partial charge on any atom is 0.245 e. The van der Waals surface area contributed by atoms with Gasteiger partial charge >= 0.3 is 0 Å². The lowest BCUT2D eigenvalue weighted by molar-refractivity contribution is -0.144. The lowest BCUT2D eigenvalue weighted by Crippen LogP contribution is -2.49. The van der Waals surface area contributed by atoms with Gasteiger partial charge in [-0.3, -0.25) is 14.4 Å². The molecule has 2 aliphatic rings. The molecule has 5 heteroatoms. The number of amides is 2. The number of Topliss-reactive ketones (excluding diaryl/α,β-unsaturated/α-hetero) is 1. The number of piperidine rings is 1. The molecular weight excluding hydrogens is 340 g/mol. The molecule has 0 aliphatic carbocycles. The van der Waals surface area contributed by atoms with Crippen LogP contribution in [0.2, 0.25) is 0 Å². The van der Waals surface area contributed by atoms with Crippen molar-refractivity contribution < 1.29 is 14.4 Å². The van der Waals surface area contributed by atoms with Crippen molar-refractivity contribution in [1.29, 1.82) is 0 Å². The maximum atomic E-state index is 12.9. The Morgan fingerprint density at radius 2 is 1.70 bits per heavy atom. The van der Waals surface area contributed by atoms with E-state index in [0.717, 1.165) is 44.3 Å². The molecule has 0 spiro atoms. The zero-order chi connectivity index (χ0) is 19.4. The quantitative estimate of drug-likeness (QED) is 0.748. The summed E-state index contributed by atoms with van der Waals surface area (Å²) < 4.78 is 0. The Balaban J connectivity index is 1.56. The normalized spacial score (nSPS) is 20.7. The standard InChI is InChI=1S/C22H30N2O3/c1-16-11-14-23(15-12-16)22(27)19-8-5-13-24(19)21(26)10-9-20(25)18-7-4-3-6-17(18)2/h3-4,6-7,16,19H,5,8-15H2,1-2H3. The van der Waals surface area contributed by atoms with Crippen molar-refractivity contribution in [1.82, 2.24) is 9.80 Å². The molecule has 0 bridgehead atoms. The summed E-state index contributed by atoms with van der Waals surface area (Å²) in [6.07, 6.45) is 4.05. The molecule has 0 radical (unpaired) electrons. The van der Waals surface area contributed by atoms with E-state index in [0.29, 0.717) is 18.0 Å². The van der Waals surface area contributed by atoms with Crippen LogP contribution in [0, 0.1) is 12.8 Å². The van der Waals surface area contributed by atoms with Gasteiger partial charge in [-0.15, -0.1) is 0 Å². The minimum Gasteiger partial charge on any atom is -0.341 e. The van der Waals surface area contributed by atoms with Crippen LogP contribution in [0.25, 0.3) is 0 Å². The number of hydrogen-bond donors (Lipinski definition) is 0. The highest BCUT2D eigenvalue weighted by Crippen LogP contribution is 2.24. The fourth-order valence-electron chi connectivity index (χ4n) is 4.15. The van der Waals surface area contributed by atoms with Gasteiger partial charge in [0.1, 0.15) is 6.04 Å². The molecule has 146 valence electrons. The second-order valence-electron chi connectivity index (χ2n) is 7.99. The van der Waals surface area contributed by atoms with Crippen molar-refractivity contribution in [2.24, 2.45) is 5.92 Å². The summed E-state index contributed by atoms with van der Waals surface area (Å²) in [7, 11) is 0. The Morgan fingerprint density at radius 3 is 2.41 bits per heavy atom. The summed E-state index contributed by atoms with van der Waals surface area (Å²) in [5, 5.41) is 0. The fourth-order valence-corrected chi connectivity index (χ4v) is 4.15. The van der Waals surface area contributed by atoms with Gasteiger partial charge in [0.2, 0.25) is 11.8 Å². The lowest BCUT2D eigenvalue weighted by Gasteiger charge is -2.34. The summed E-state index contributed by atoms with van der Waals surface area (Å²) in [6, 6.07) is 7.13. The summed E-state index contributed by atoms with van der Waals surface area (Å²) in [5.74, 6) is 0.688. The zero-order valence-corrected chi connectivity index (χ0v) is 16.4. The topological polar surface area (TPSA) is 57.7 Å². The van der Waals surface area contributed by atoms with E-state index >= 15 is 0 Å². The van der Waals surface area contributed by atoms with Crippen LogP contribution in [-0.2, 0) is 9.59 Å². The first-order chi connectivity index (χ1) is 13.0. The third-order valence-electron chi connectivity index (χ3n) is 5.96. The summed E-state index contributed by atoms with van der Waals surface area (Å²) >= 11 is 0. The molecule has 2 amide bonds. The molecule has 2 aliphatic heterocycles. The van der Waals surface area contributed by atoms with Crippen LogP contribution in [0.5, 0.6) is 0 Å². The average molecular weight is 370 g/mol. The molecule has 2 saturated heterocycles.